The molecule has 0 aromatic carbocycles. The van der Waals surface area contributed by atoms with E-state index in [0.717, 1.165) is 11.3 Å². The number of aromatic carboxylic acids is 1. The van der Waals surface area contributed by atoms with Crippen molar-refractivity contribution in [2.75, 3.05) is 18.9 Å². The van der Waals surface area contributed by atoms with Gasteiger partial charge in [0.25, 0.3) is 0 Å². The van der Waals surface area contributed by atoms with Gasteiger partial charge < -0.3 is 10.4 Å². The van der Waals surface area contributed by atoms with Crippen LogP contribution in [-0.4, -0.2) is 51.5 Å². The molecule has 5 N–H and O–H groups in total. The first kappa shape index (κ1) is 20.0. The lowest BCUT2D eigenvalue weighted by Crippen LogP contribution is -2.34. The Bertz CT molecular complexity index is 824. The van der Waals surface area contributed by atoms with Gasteiger partial charge in [0, 0.05) is 48.2 Å². The molecule has 0 fully saturated rings. The second-order valence-electron chi connectivity index (χ2n) is 4.91. The van der Waals surface area contributed by atoms with Crippen LogP contribution >= 0.6 is 34.2 Å². The molecule has 2 amide bonds. The number of nitrogens with one attached hydrogen (secondary N) is 4. The number of carboxylic acid groups (broad SMARTS) is 1. The minimum Gasteiger partial charge on any atom is -0.477 e. The fourth-order valence-corrected chi connectivity index (χ4v) is 3.00. The zero-order valence-electron chi connectivity index (χ0n) is 13.8. The zero-order chi connectivity index (χ0) is 19.3. The number of halogens is 1. The molecule has 2 aromatic rings. The highest BCUT2D eigenvalue weighted by Gasteiger charge is 2.23. The van der Waals surface area contributed by atoms with Gasteiger partial charge in [0.15, 0.2) is 5.84 Å². The van der Waals surface area contributed by atoms with Crippen molar-refractivity contribution in [1.29, 1.82) is 5.41 Å². The lowest BCUT2D eigenvalue weighted by molar-refractivity contribution is 0.0701. The monoisotopic (exact) mass is 489 g/mol. The van der Waals surface area contributed by atoms with E-state index in [2.05, 4.69) is 24.2 Å². The van der Waals surface area contributed by atoms with Gasteiger partial charge in [0.2, 0.25) is 0 Å². The molecule has 2 rings (SSSR count). The Morgan fingerprint density at radius 3 is 2.69 bits per heavy atom. The first-order valence-electron chi connectivity index (χ1n) is 7.31. The SMILES string of the molecule is CCNC(=O)Nc1ccc(-c2nc(C(=N)N(C)NI)c(C(=O)O)s2)cn1. The molecule has 138 valence electrons. The van der Waals surface area contributed by atoms with Crippen LogP contribution in [0.5, 0.6) is 0 Å². The van der Waals surface area contributed by atoms with Crippen LogP contribution in [0.25, 0.3) is 10.6 Å². The maximum atomic E-state index is 11.5. The molecule has 12 heteroatoms. The highest BCUT2D eigenvalue weighted by molar-refractivity contribution is 14.1. The number of carbonyl (C=O) groups is 2. The first-order chi connectivity index (χ1) is 12.4. The smallest absolute Gasteiger partial charge is 0.348 e. The quantitative estimate of drug-likeness (QED) is 0.138. The van der Waals surface area contributed by atoms with Crippen LogP contribution < -0.4 is 14.3 Å². The van der Waals surface area contributed by atoms with Gasteiger partial charge in [-0.05, 0) is 19.1 Å². The van der Waals surface area contributed by atoms with Crippen molar-refractivity contribution in [1.82, 2.24) is 23.9 Å². The predicted molar refractivity (Wildman–Crippen MR) is 107 cm³/mol. The summed E-state index contributed by atoms with van der Waals surface area (Å²) in [4.78, 5) is 31.3. The van der Waals surface area contributed by atoms with Gasteiger partial charge >= 0.3 is 12.0 Å². The maximum absolute atomic E-state index is 11.5. The summed E-state index contributed by atoms with van der Waals surface area (Å²) in [6.07, 6.45) is 1.49. The summed E-state index contributed by atoms with van der Waals surface area (Å²) in [7, 11) is 1.59. The Morgan fingerprint density at radius 2 is 2.15 bits per heavy atom. The fraction of sp³-hybridized carbons (Fsp3) is 0.214. The van der Waals surface area contributed by atoms with Crippen LogP contribution in [0.3, 0.4) is 0 Å². The average Bonchev–Trinajstić information content (AvgIpc) is 3.06. The third-order valence-electron chi connectivity index (χ3n) is 3.10. The van der Waals surface area contributed by atoms with Gasteiger partial charge in [-0.3, -0.25) is 15.7 Å². The highest BCUT2D eigenvalue weighted by atomic mass is 127. The van der Waals surface area contributed by atoms with Crippen LogP contribution in [0.4, 0.5) is 10.6 Å². The van der Waals surface area contributed by atoms with E-state index in [1.807, 2.05) is 22.9 Å². The summed E-state index contributed by atoms with van der Waals surface area (Å²) in [5.74, 6) is -0.865. The van der Waals surface area contributed by atoms with Crippen molar-refractivity contribution in [3.05, 3.63) is 28.9 Å². The highest BCUT2D eigenvalue weighted by Crippen LogP contribution is 2.29. The third kappa shape index (κ3) is 4.64. The average molecular weight is 489 g/mol. The van der Waals surface area contributed by atoms with E-state index >= 15 is 0 Å². The van der Waals surface area contributed by atoms with E-state index in [0.29, 0.717) is 22.9 Å². The summed E-state index contributed by atoms with van der Waals surface area (Å²) in [6, 6.07) is 2.91. The standard InChI is InChI=1S/C14H16IN7O3S/c1-3-17-14(25)19-8-5-4-7(6-18-8)12-20-9(10(26-12)13(23)24)11(16)22(2)21-15/h4-6,16,21H,3H2,1-2H3,(H,23,24)(H2,17,18,19,25). The molecule has 10 nitrogen and oxygen atoms in total. The number of anilines is 1. The lowest BCUT2D eigenvalue weighted by atomic mass is 10.3. The van der Waals surface area contributed by atoms with Crippen LogP contribution in [-0.2, 0) is 0 Å². The minimum absolute atomic E-state index is 0.0342. The molecule has 0 saturated carbocycles. The van der Waals surface area contributed by atoms with E-state index in [1.54, 1.807) is 26.1 Å². The number of amidine groups is 1. The number of carbonyl (C=O) groups excluding carboxylic acids is 1. The van der Waals surface area contributed by atoms with E-state index < -0.39 is 5.97 Å². The van der Waals surface area contributed by atoms with Crippen molar-refractivity contribution in [2.45, 2.75) is 6.92 Å². The van der Waals surface area contributed by atoms with Gasteiger partial charge in [-0.15, -0.1) is 11.3 Å². The molecule has 0 aliphatic rings. The molecular weight excluding hydrogens is 473 g/mol. The predicted octanol–water partition coefficient (Wildman–Crippen LogP) is 2.16. The van der Waals surface area contributed by atoms with Crippen molar-refractivity contribution in [3.63, 3.8) is 0 Å². The summed E-state index contributed by atoms with van der Waals surface area (Å²) < 4.78 is 2.71. The van der Waals surface area contributed by atoms with Gasteiger partial charge in [-0.25, -0.2) is 19.6 Å². The number of hydrogen-bond donors (Lipinski definition) is 5. The number of aromatic nitrogens is 2. The van der Waals surface area contributed by atoms with Crippen molar-refractivity contribution in [2.24, 2.45) is 0 Å². The van der Waals surface area contributed by atoms with Gasteiger partial charge in [-0.1, -0.05) is 0 Å². The number of thiazole rings is 1. The molecule has 26 heavy (non-hydrogen) atoms. The molecule has 2 aromatic heterocycles. The Balaban J connectivity index is 2.30. The summed E-state index contributed by atoms with van der Waals surface area (Å²) >= 11 is 2.79. The minimum atomic E-state index is -1.15. The summed E-state index contributed by atoms with van der Waals surface area (Å²) in [5, 5.41) is 24.4. The third-order valence-corrected chi connectivity index (χ3v) is 4.91. The first-order valence-corrected chi connectivity index (χ1v) is 9.21. The number of amides is 2. The van der Waals surface area contributed by atoms with Gasteiger partial charge in [-0.2, -0.15) is 3.64 Å². The Morgan fingerprint density at radius 1 is 1.42 bits per heavy atom. The maximum Gasteiger partial charge on any atom is 0.348 e. The molecule has 0 unspecified atom stereocenters. The van der Waals surface area contributed by atoms with Crippen molar-refractivity contribution in [3.8, 4) is 10.6 Å². The summed E-state index contributed by atoms with van der Waals surface area (Å²) in [6.45, 7) is 2.30. The molecule has 0 bridgehead atoms. The number of hydrazine groups is 1. The van der Waals surface area contributed by atoms with E-state index in [9.17, 15) is 14.7 Å². The number of nitrogens with zero attached hydrogens (tertiary/aromatic N) is 3. The second kappa shape index (κ2) is 8.86. The molecule has 0 radical (unpaired) electrons. The van der Waals surface area contributed by atoms with Gasteiger partial charge in [0.05, 0.1) is 0 Å². The molecule has 0 atom stereocenters. The lowest BCUT2D eigenvalue weighted by Gasteiger charge is -2.15. The topological polar surface area (TPSA) is 143 Å². The molecule has 0 aliphatic heterocycles. The van der Waals surface area contributed by atoms with Crippen LogP contribution in [0.15, 0.2) is 18.3 Å². The molecule has 2 heterocycles. The summed E-state index contributed by atoms with van der Waals surface area (Å²) in [5.41, 5.74) is 0.650. The van der Waals surface area contributed by atoms with Crippen LogP contribution in [0.2, 0.25) is 0 Å². The van der Waals surface area contributed by atoms with Crippen molar-refractivity contribution < 1.29 is 14.7 Å². The van der Waals surface area contributed by atoms with E-state index in [-0.39, 0.29) is 22.4 Å². The number of rotatable bonds is 6. The number of carboxylic acids is 1. The number of hydrogen-bond acceptors (Lipinski definition) is 7. The van der Waals surface area contributed by atoms with Gasteiger partial charge in [0.1, 0.15) is 21.4 Å². The van der Waals surface area contributed by atoms with Crippen LogP contribution in [0.1, 0.15) is 22.3 Å². The van der Waals surface area contributed by atoms with E-state index in [1.165, 1.54) is 11.2 Å². The van der Waals surface area contributed by atoms with Crippen molar-refractivity contribution >= 4 is 57.9 Å². The number of pyridine rings is 1. The molecular formula is C14H16IN7O3S. The molecule has 0 spiro atoms. The van der Waals surface area contributed by atoms with E-state index in [4.69, 9.17) is 5.41 Å². The largest absolute Gasteiger partial charge is 0.477 e. The Hall–Kier alpha value is -2.32. The molecule has 0 aliphatic carbocycles. The zero-order valence-corrected chi connectivity index (χ0v) is 16.8. The Labute approximate surface area is 167 Å². The Kier molecular flexibility index (Phi) is 6.82. The normalized spacial score (nSPS) is 10.3. The van der Waals surface area contributed by atoms with Crippen LogP contribution in [0, 0.1) is 5.41 Å². The number of urea groups is 1. The molecule has 0 saturated heterocycles. The second-order valence-corrected chi connectivity index (χ2v) is 6.39. The fourth-order valence-electron chi connectivity index (χ4n) is 1.87.